The van der Waals surface area contributed by atoms with Gasteiger partial charge in [0.15, 0.2) is 0 Å². The molecule has 5 nitrogen and oxygen atoms in total. The van der Waals surface area contributed by atoms with E-state index < -0.39 is 11.5 Å². The molecule has 0 aliphatic heterocycles. The highest BCUT2D eigenvalue weighted by molar-refractivity contribution is 5.28. The van der Waals surface area contributed by atoms with Gasteiger partial charge >= 0.3 is 11.5 Å². The van der Waals surface area contributed by atoms with Crippen LogP contribution in [-0.2, 0) is 0 Å². The Kier molecular flexibility index (Phi) is 1.63. The van der Waals surface area contributed by atoms with E-state index in [0.717, 1.165) is 4.68 Å². The Morgan fingerprint density at radius 2 is 1.85 bits per heavy atom. The third-order valence-corrected chi connectivity index (χ3v) is 1.58. The summed E-state index contributed by atoms with van der Waals surface area (Å²) in [6.45, 7) is 0. The molecule has 1 aromatic heterocycles. The van der Waals surface area contributed by atoms with E-state index in [0.29, 0.717) is 5.69 Å². The van der Waals surface area contributed by atoms with E-state index in [1.165, 1.54) is 0 Å². The maximum atomic E-state index is 11.0. The molecule has 13 heavy (non-hydrogen) atoms. The van der Waals surface area contributed by atoms with Gasteiger partial charge in [-0.2, -0.15) is 4.68 Å². The maximum absolute atomic E-state index is 11.0. The molecule has 0 bridgehead atoms. The van der Waals surface area contributed by atoms with Crippen LogP contribution < -0.4 is 11.5 Å². The van der Waals surface area contributed by atoms with Crippen LogP contribution in [0.15, 0.2) is 44.3 Å². The Hall–Kier alpha value is -2.04. The molecule has 0 fully saturated rings. The molecule has 0 saturated heterocycles. The summed E-state index contributed by atoms with van der Waals surface area (Å²) >= 11 is 0. The molecule has 0 aliphatic carbocycles. The van der Waals surface area contributed by atoms with E-state index in [2.05, 4.69) is 9.52 Å². The SMILES string of the molecule is O=c1[nH]n(-c2ccccc2)c(=O)o1. The number of hydrogen-bond acceptors (Lipinski definition) is 3. The predicted molar refractivity (Wildman–Crippen MR) is 44.9 cm³/mol. The van der Waals surface area contributed by atoms with Gasteiger partial charge in [0.05, 0.1) is 5.69 Å². The lowest BCUT2D eigenvalue weighted by Gasteiger charge is -1.95. The molecular weight excluding hydrogens is 172 g/mol. The Morgan fingerprint density at radius 3 is 2.38 bits per heavy atom. The molecule has 0 aliphatic rings. The second-order valence-corrected chi connectivity index (χ2v) is 2.44. The lowest BCUT2D eigenvalue weighted by Crippen LogP contribution is -2.13. The molecule has 1 N–H and O–H groups in total. The van der Waals surface area contributed by atoms with Gasteiger partial charge in [0.25, 0.3) is 0 Å². The molecule has 0 unspecified atom stereocenters. The minimum absolute atomic E-state index is 0.568. The summed E-state index contributed by atoms with van der Waals surface area (Å²) in [5, 5.41) is 2.24. The molecular formula is C8H6N2O3. The van der Waals surface area contributed by atoms with Crippen molar-refractivity contribution in [2.75, 3.05) is 0 Å². The first-order valence-corrected chi connectivity index (χ1v) is 3.65. The highest BCUT2D eigenvalue weighted by atomic mass is 16.5. The second kappa shape index (κ2) is 2.78. The lowest BCUT2D eigenvalue weighted by molar-refractivity contribution is 0.471. The quantitative estimate of drug-likeness (QED) is 0.674. The van der Waals surface area contributed by atoms with Crippen molar-refractivity contribution in [2.45, 2.75) is 0 Å². The molecule has 66 valence electrons. The van der Waals surface area contributed by atoms with Gasteiger partial charge in [-0.1, -0.05) is 18.2 Å². The zero-order valence-corrected chi connectivity index (χ0v) is 6.56. The highest BCUT2D eigenvalue weighted by Crippen LogP contribution is 1.99. The number of hydrogen-bond donors (Lipinski definition) is 1. The Morgan fingerprint density at radius 1 is 1.15 bits per heavy atom. The number of H-pyrrole nitrogens is 1. The number of aromatic amines is 1. The van der Waals surface area contributed by atoms with Gasteiger partial charge in [0.2, 0.25) is 0 Å². The zero-order chi connectivity index (χ0) is 9.26. The van der Waals surface area contributed by atoms with Crippen molar-refractivity contribution in [2.24, 2.45) is 0 Å². The van der Waals surface area contributed by atoms with Crippen molar-refractivity contribution in [1.82, 2.24) is 9.78 Å². The average molecular weight is 178 g/mol. The van der Waals surface area contributed by atoms with Crippen molar-refractivity contribution in [3.8, 4) is 5.69 Å². The summed E-state index contributed by atoms with van der Waals surface area (Å²) in [6.07, 6.45) is 0. The molecule has 1 aromatic carbocycles. The van der Waals surface area contributed by atoms with Crippen LogP contribution in [0.2, 0.25) is 0 Å². The summed E-state index contributed by atoms with van der Waals surface area (Å²) in [6, 6.07) is 8.70. The van der Waals surface area contributed by atoms with Crippen molar-refractivity contribution in [3.63, 3.8) is 0 Å². The number of rotatable bonds is 1. The molecule has 0 atom stereocenters. The Bertz CT molecular complexity index is 506. The number of nitrogens with zero attached hydrogens (tertiary/aromatic N) is 1. The average Bonchev–Trinajstić information content (AvgIpc) is 2.47. The van der Waals surface area contributed by atoms with Crippen LogP contribution in [0.3, 0.4) is 0 Å². The fraction of sp³-hybridized carbons (Fsp3) is 0. The largest absolute Gasteiger partial charge is 0.442 e. The van der Waals surface area contributed by atoms with Crippen molar-refractivity contribution >= 4 is 0 Å². The van der Waals surface area contributed by atoms with Crippen LogP contribution in [0.25, 0.3) is 5.69 Å². The third kappa shape index (κ3) is 1.31. The van der Waals surface area contributed by atoms with Crippen LogP contribution in [0.1, 0.15) is 0 Å². The van der Waals surface area contributed by atoms with Gasteiger partial charge in [-0.3, -0.25) is 0 Å². The monoisotopic (exact) mass is 178 g/mol. The fourth-order valence-corrected chi connectivity index (χ4v) is 1.03. The molecule has 0 radical (unpaired) electrons. The molecule has 5 heteroatoms. The van der Waals surface area contributed by atoms with Gasteiger partial charge < -0.3 is 4.42 Å². The van der Waals surface area contributed by atoms with E-state index in [9.17, 15) is 9.59 Å². The number of benzene rings is 1. The Labute approximate surface area is 72.2 Å². The van der Waals surface area contributed by atoms with Gasteiger partial charge in [-0.05, 0) is 12.1 Å². The normalized spacial score (nSPS) is 10.2. The Balaban J connectivity index is 2.66. The second-order valence-electron chi connectivity index (χ2n) is 2.44. The third-order valence-electron chi connectivity index (χ3n) is 1.58. The highest BCUT2D eigenvalue weighted by Gasteiger charge is 2.02. The minimum atomic E-state index is -0.756. The molecule has 0 saturated carbocycles. The van der Waals surface area contributed by atoms with E-state index in [4.69, 9.17) is 0 Å². The first-order chi connectivity index (χ1) is 6.27. The van der Waals surface area contributed by atoms with Crippen molar-refractivity contribution in [1.29, 1.82) is 0 Å². The predicted octanol–water partition coefficient (Wildman–Crippen LogP) is 0.119. The molecule has 1 heterocycles. The van der Waals surface area contributed by atoms with Crippen LogP contribution in [0.4, 0.5) is 0 Å². The number of aromatic nitrogens is 2. The maximum Gasteiger partial charge on any atom is 0.442 e. The van der Waals surface area contributed by atoms with Gasteiger partial charge in [-0.25, -0.2) is 14.7 Å². The molecule has 0 spiro atoms. The molecule has 0 amide bonds. The van der Waals surface area contributed by atoms with Gasteiger partial charge in [0.1, 0.15) is 0 Å². The molecule has 2 aromatic rings. The van der Waals surface area contributed by atoms with E-state index >= 15 is 0 Å². The lowest BCUT2D eigenvalue weighted by atomic mass is 10.3. The summed E-state index contributed by atoms with van der Waals surface area (Å²) in [4.78, 5) is 21.6. The number of para-hydroxylation sites is 1. The van der Waals surface area contributed by atoms with Crippen LogP contribution in [0.5, 0.6) is 0 Å². The first-order valence-electron chi connectivity index (χ1n) is 3.65. The zero-order valence-electron chi connectivity index (χ0n) is 6.56. The fourth-order valence-electron chi connectivity index (χ4n) is 1.03. The standard InChI is InChI=1S/C8H6N2O3/c11-7-9-10(8(12)13-7)6-4-2-1-3-5-6/h1-5H,(H,9,11). The van der Waals surface area contributed by atoms with Crippen molar-refractivity contribution < 1.29 is 4.42 Å². The smallest absolute Gasteiger partial charge is 0.356 e. The topological polar surface area (TPSA) is 68.0 Å². The summed E-state index contributed by atoms with van der Waals surface area (Å²) in [5.74, 6) is -1.47. The van der Waals surface area contributed by atoms with Crippen molar-refractivity contribution in [3.05, 3.63) is 51.4 Å². The van der Waals surface area contributed by atoms with Gasteiger partial charge in [-0.15, -0.1) is 0 Å². The van der Waals surface area contributed by atoms with E-state index in [-0.39, 0.29) is 0 Å². The minimum Gasteiger partial charge on any atom is -0.356 e. The van der Waals surface area contributed by atoms with E-state index in [1.807, 2.05) is 6.07 Å². The van der Waals surface area contributed by atoms with Gasteiger partial charge in [0, 0.05) is 0 Å². The molecule has 2 rings (SSSR count). The first kappa shape index (κ1) is 7.60. The summed E-state index contributed by atoms with van der Waals surface area (Å²) < 4.78 is 5.31. The van der Waals surface area contributed by atoms with Crippen LogP contribution in [0, 0.1) is 0 Å². The summed E-state index contributed by atoms with van der Waals surface area (Å²) in [5.41, 5.74) is 0.568. The van der Waals surface area contributed by atoms with E-state index in [1.54, 1.807) is 24.3 Å². The number of nitrogens with one attached hydrogen (secondary N) is 1. The summed E-state index contributed by atoms with van der Waals surface area (Å²) in [7, 11) is 0. The van der Waals surface area contributed by atoms with Crippen LogP contribution >= 0.6 is 0 Å². The van der Waals surface area contributed by atoms with Crippen LogP contribution in [-0.4, -0.2) is 9.78 Å².